The molecule has 1 aliphatic carbocycles. The molecular weight excluding hydrogens is 230 g/mol. The van der Waals surface area contributed by atoms with Gasteiger partial charge in [-0.05, 0) is 41.5 Å². The van der Waals surface area contributed by atoms with Crippen molar-refractivity contribution in [2.75, 3.05) is 0 Å². The molecule has 0 N–H and O–H groups in total. The summed E-state index contributed by atoms with van der Waals surface area (Å²) in [6.45, 7) is 4.41. The Labute approximate surface area is 112 Å². The quantitative estimate of drug-likeness (QED) is 0.447. The van der Waals surface area contributed by atoms with Crippen molar-refractivity contribution in [2.45, 2.75) is 20.3 Å². The molecule has 4 rings (SSSR count). The van der Waals surface area contributed by atoms with Crippen molar-refractivity contribution in [3.05, 3.63) is 65.0 Å². The second kappa shape index (κ2) is 3.67. The van der Waals surface area contributed by atoms with Gasteiger partial charge in [-0.1, -0.05) is 36.4 Å². The fraction of sp³-hybridized carbons (Fsp3) is 0.167. The third-order valence-corrected chi connectivity index (χ3v) is 4.36. The largest absolute Gasteiger partial charge is 0.260 e. The SMILES string of the molecule is Cc1ccc2c(c1C)Cc1ncc3ccccc3c1-2. The zero-order chi connectivity index (χ0) is 13.0. The summed E-state index contributed by atoms with van der Waals surface area (Å²) >= 11 is 0. The van der Waals surface area contributed by atoms with Gasteiger partial charge in [0.2, 0.25) is 0 Å². The zero-order valence-electron chi connectivity index (χ0n) is 11.2. The molecule has 1 nitrogen and oxygen atoms in total. The maximum atomic E-state index is 4.67. The van der Waals surface area contributed by atoms with Gasteiger partial charge < -0.3 is 0 Å². The van der Waals surface area contributed by atoms with E-state index in [0.29, 0.717) is 0 Å². The molecule has 1 aromatic heterocycles. The summed E-state index contributed by atoms with van der Waals surface area (Å²) in [6.07, 6.45) is 2.98. The number of aryl methyl sites for hydroxylation is 1. The normalized spacial score (nSPS) is 12.5. The van der Waals surface area contributed by atoms with Crippen LogP contribution in [0.5, 0.6) is 0 Å². The van der Waals surface area contributed by atoms with Gasteiger partial charge in [0.15, 0.2) is 0 Å². The Bertz CT molecular complexity index is 815. The van der Waals surface area contributed by atoms with E-state index >= 15 is 0 Å². The van der Waals surface area contributed by atoms with Crippen LogP contribution in [0.25, 0.3) is 21.9 Å². The molecular formula is C18H15N. The summed E-state index contributed by atoms with van der Waals surface area (Å²) in [5, 5.41) is 2.56. The van der Waals surface area contributed by atoms with Gasteiger partial charge in [-0.2, -0.15) is 0 Å². The van der Waals surface area contributed by atoms with Gasteiger partial charge in [0.25, 0.3) is 0 Å². The molecule has 0 bridgehead atoms. The highest BCUT2D eigenvalue weighted by atomic mass is 14.7. The second-order valence-electron chi connectivity index (χ2n) is 5.38. The predicted molar refractivity (Wildman–Crippen MR) is 79.5 cm³/mol. The summed E-state index contributed by atoms with van der Waals surface area (Å²) in [5.74, 6) is 0. The summed E-state index contributed by atoms with van der Waals surface area (Å²) in [4.78, 5) is 4.67. The lowest BCUT2D eigenvalue weighted by molar-refractivity contribution is 1.11. The van der Waals surface area contributed by atoms with Gasteiger partial charge in [0.05, 0.1) is 5.69 Å². The van der Waals surface area contributed by atoms with Crippen LogP contribution < -0.4 is 0 Å². The first-order chi connectivity index (χ1) is 9.25. The standard InChI is InChI=1S/C18H15N/c1-11-7-8-15-16(12(11)2)9-17-18(15)14-6-4-3-5-13(14)10-19-17/h3-8,10H,9H2,1-2H3. The zero-order valence-corrected chi connectivity index (χ0v) is 11.2. The number of hydrogen-bond acceptors (Lipinski definition) is 1. The molecule has 1 heteroatoms. The van der Waals surface area contributed by atoms with Crippen molar-refractivity contribution < 1.29 is 0 Å². The lowest BCUT2D eigenvalue weighted by Crippen LogP contribution is -1.90. The van der Waals surface area contributed by atoms with Gasteiger partial charge in [0, 0.05) is 23.6 Å². The molecule has 1 heterocycles. The van der Waals surface area contributed by atoms with Crippen molar-refractivity contribution >= 4 is 10.8 Å². The van der Waals surface area contributed by atoms with Crippen LogP contribution in [0.15, 0.2) is 42.6 Å². The van der Waals surface area contributed by atoms with E-state index in [9.17, 15) is 0 Å². The van der Waals surface area contributed by atoms with Gasteiger partial charge >= 0.3 is 0 Å². The smallest absolute Gasteiger partial charge is 0.0532 e. The molecule has 0 aliphatic heterocycles. The van der Waals surface area contributed by atoms with Crippen molar-refractivity contribution in [3.63, 3.8) is 0 Å². The topological polar surface area (TPSA) is 12.9 Å². The van der Waals surface area contributed by atoms with E-state index in [2.05, 4.69) is 55.2 Å². The van der Waals surface area contributed by atoms with Crippen molar-refractivity contribution in [1.82, 2.24) is 4.98 Å². The Morgan fingerprint density at radius 2 is 1.84 bits per heavy atom. The van der Waals surface area contributed by atoms with Gasteiger partial charge in [-0.3, -0.25) is 4.98 Å². The molecule has 1 aliphatic rings. The van der Waals surface area contributed by atoms with E-state index in [1.807, 2.05) is 6.20 Å². The van der Waals surface area contributed by atoms with Crippen LogP contribution in [0, 0.1) is 13.8 Å². The van der Waals surface area contributed by atoms with Crippen LogP contribution in [-0.4, -0.2) is 4.98 Å². The molecule has 0 amide bonds. The molecule has 3 aromatic rings. The van der Waals surface area contributed by atoms with Crippen molar-refractivity contribution in [2.24, 2.45) is 0 Å². The lowest BCUT2D eigenvalue weighted by Gasteiger charge is -2.08. The number of fused-ring (bicyclic) bond motifs is 5. The molecule has 19 heavy (non-hydrogen) atoms. The Morgan fingerprint density at radius 3 is 2.74 bits per heavy atom. The lowest BCUT2D eigenvalue weighted by atomic mass is 9.96. The molecule has 0 atom stereocenters. The highest BCUT2D eigenvalue weighted by Gasteiger charge is 2.23. The third-order valence-electron chi connectivity index (χ3n) is 4.36. The number of pyridine rings is 1. The summed E-state index contributed by atoms with van der Waals surface area (Å²) in [7, 11) is 0. The first kappa shape index (κ1) is 10.7. The summed E-state index contributed by atoms with van der Waals surface area (Å²) in [6, 6.07) is 13.0. The minimum Gasteiger partial charge on any atom is -0.260 e. The monoisotopic (exact) mass is 245 g/mol. The average Bonchev–Trinajstić information content (AvgIpc) is 2.83. The Hall–Kier alpha value is -2.15. The predicted octanol–water partition coefficient (Wildman–Crippen LogP) is 4.42. The maximum Gasteiger partial charge on any atom is 0.0532 e. The van der Waals surface area contributed by atoms with Crippen LogP contribution in [0.2, 0.25) is 0 Å². The highest BCUT2D eigenvalue weighted by molar-refractivity contribution is 6.00. The fourth-order valence-electron chi connectivity index (χ4n) is 3.14. The van der Waals surface area contributed by atoms with Gasteiger partial charge in [-0.15, -0.1) is 0 Å². The molecule has 0 saturated heterocycles. The second-order valence-corrected chi connectivity index (χ2v) is 5.38. The van der Waals surface area contributed by atoms with Crippen molar-refractivity contribution in [3.8, 4) is 11.1 Å². The Morgan fingerprint density at radius 1 is 1.00 bits per heavy atom. The Kier molecular flexibility index (Phi) is 2.08. The van der Waals surface area contributed by atoms with Crippen LogP contribution >= 0.6 is 0 Å². The minimum atomic E-state index is 0.975. The van der Waals surface area contributed by atoms with Crippen LogP contribution in [0.1, 0.15) is 22.4 Å². The highest BCUT2D eigenvalue weighted by Crippen LogP contribution is 2.41. The van der Waals surface area contributed by atoms with Crippen molar-refractivity contribution in [1.29, 1.82) is 0 Å². The van der Waals surface area contributed by atoms with E-state index < -0.39 is 0 Å². The van der Waals surface area contributed by atoms with Crippen LogP contribution in [0.3, 0.4) is 0 Å². The first-order valence-electron chi connectivity index (χ1n) is 6.72. The minimum absolute atomic E-state index is 0.975. The maximum absolute atomic E-state index is 4.67. The molecule has 0 unspecified atom stereocenters. The molecule has 0 spiro atoms. The van der Waals surface area contributed by atoms with Crippen LogP contribution in [-0.2, 0) is 6.42 Å². The van der Waals surface area contributed by atoms with E-state index in [1.54, 1.807) is 0 Å². The molecule has 2 aromatic carbocycles. The van der Waals surface area contributed by atoms with E-state index in [0.717, 1.165) is 6.42 Å². The first-order valence-corrected chi connectivity index (χ1v) is 6.72. The number of benzene rings is 2. The Balaban J connectivity index is 2.13. The fourth-order valence-corrected chi connectivity index (χ4v) is 3.14. The number of nitrogens with zero attached hydrogens (tertiary/aromatic N) is 1. The summed E-state index contributed by atoms with van der Waals surface area (Å²) < 4.78 is 0. The molecule has 0 saturated carbocycles. The van der Waals surface area contributed by atoms with Crippen LogP contribution in [0.4, 0.5) is 0 Å². The van der Waals surface area contributed by atoms with E-state index in [4.69, 9.17) is 0 Å². The number of hydrogen-bond donors (Lipinski definition) is 0. The third kappa shape index (κ3) is 1.39. The van der Waals surface area contributed by atoms with Gasteiger partial charge in [-0.25, -0.2) is 0 Å². The summed E-state index contributed by atoms with van der Waals surface area (Å²) in [5.41, 5.74) is 8.19. The van der Waals surface area contributed by atoms with E-state index in [1.165, 1.54) is 44.3 Å². The molecule has 0 fully saturated rings. The number of aromatic nitrogens is 1. The molecule has 0 radical (unpaired) electrons. The number of rotatable bonds is 0. The van der Waals surface area contributed by atoms with Gasteiger partial charge in [0.1, 0.15) is 0 Å². The van der Waals surface area contributed by atoms with E-state index in [-0.39, 0.29) is 0 Å². The molecule has 92 valence electrons. The average molecular weight is 245 g/mol.